The molecule has 3 aromatic rings. The second-order valence-electron chi connectivity index (χ2n) is 14.4. The Labute approximate surface area is 298 Å². The van der Waals surface area contributed by atoms with Gasteiger partial charge in [0.2, 0.25) is 0 Å². The van der Waals surface area contributed by atoms with Crippen LogP contribution in [0, 0.1) is 19.8 Å². The number of amidine groups is 2. The first kappa shape index (κ1) is 31.7. The molecule has 5 aliphatic heterocycles. The zero-order chi connectivity index (χ0) is 34.3. The normalized spacial score (nSPS) is 23.3. The lowest BCUT2D eigenvalue weighted by molar-refractivity contribution is 0.190. The number of anilines is 4. The first-order chi connectivity index (χ1) is 25.0. The molecule has 1 aliphatic carbocycles. The molecule has 0 saturated carbocycles. The first-order valence-electron chi connectivity index (χ1n) is 18.5. The highest BCUT2D eigenvalue weighted by molar-refractivity contribution is 6.26. The minimum atomic E-state index is -0.211. The number of dihydropyridines is 1. The van der Waals surface area contributed by atoms with Crippen molar-refractivity contribution in [3.8, 4) is 0 Å². The summed E-state index contributed by atoms with van der Waals surface area (Å²) < 4.78 is 11.7. The number of piperidine rings is 2. The quantitative estimate of drug-likeness (QED) is 0.247. The summed E-state index contributed by atoms with van der Waals surface area (Å²) in [5, 5.41) is 7.18. The number of aryl methyl sites for hydroxylation is 2. The van der Waals surface area contributed by atoms with Crippen LogP contribution in [-0.2, 0) is 0 Å². The minimum absolute atomic E-state index is 0.211. The number of rotatable bonds is 8. The lowest BCUT2D eigenvalue weighted by Gasteiger charge is -2.35. The van der Waals surface area contributed by atoms with E-state index < -0.39 is 0 Å². The Balaban J connectivity index is 1.09. The fourth-order valence-corrected chi connectivity index (χ4v) is 8.03. The van der Waals surface area contributed by atoms with Gasteiger partial charge in [-0.3, -0.25) is 4.90 Å². The molecule has 7 heterocycles. The summed E-state index contributed by atoms with van der Waals surface area (Å²) in [4.78, 5) is 24.7. The first-order valence-corrected chi connectivity index (χ1v) is 18.5. The van der Waals surface area contributed by atoms with Crippen LogP contribution in [0.25, 0.3) is 0 Å². The van der Waals surface area contributed by atoms with E-state index in [2.05, 4.69) is 72.9 Å². The number of hydrogen-bond acceptors (Lipinski definition) is 10. The molecule has 0 radical (unpaired) electrons. The minimum Gasteiger partial charge on any atom is -0.448 e. The van der Waals surface area contributed by atoms with E-state index in [-0.39, 0.29) is 5.92 Å². The average Bonchev–Trinajstić information content (AvgIpc) is 3.78. The van der Waals surface area contributed by atoms with E-state index in [1.807, 2.05) is 26.0 Å². The third-order valence-electron chi connectivity index (χ3n) is 10.6. The topological polar surface area (TPSA) is 106 Å². The zero-order valence-electron chi connectivity index (χ0n) is 29.4. The molecule has 10 nitrogen and oxygen atoms in total. The van der Waals surface area contributed by atoms with Crippen molar-refractivity contribution in [2.24, 2.45) is 25.9 Å². The van der Waals surface area contributed by atoms with Crippen LogP contribution in [0.4, 0.5) is 23.1 Å². The molecule has 10 heteroatoms. The zero-order valence-corrected chi connectivity index (χ0v) is 29.4. The van der Waals surface area contributed by atoms with E-state index >= 15 is 0 Å². The van der Waals surface area contributed by atoms with Crippen molar-refractivity contribution in [1.82, 2.24) is 4.90 Å². The van der Waals surface area contributed by atoms with E-state index in [0.29, 0.717) is 23.6 Å². The smallest absolute Gasteiger partial charge is 0.197 e. The molecule has 9 rings (SSSR count). The van der Waals surface area contributed by atoms with Crippen LogP contribution >= 0.6 is 0 Å². The van der Waals surface area contributed by atoms with Crippen LogP contribution in [0.1, 0.15) is 61.6 Å². The molecule has 1 aromatic carbocycles. The van der Waals surface area contributed by atoms with Crippen molar-refractivity contribution >= 4 is 46.9 Å². The fraction of sp³-hybridized carbons (Fsp3) is 0.366. The van der Waals surface area contributed by atoms with Crippen LogP contribution in [-0.4, -0.2) is 60.8 Å². The Morgan fingerprint density at radius 2 is 1.53 bits per heavy atom. The van der Waals surface area contributed by atoms with Crippen molar-refractivity contribution in [2.75, 3.05) is 41.7 Å². The molecule has 2 aromatic heterocycles. The Hall–Kier alpha value is -5.22. The Kier molecular flexibility index (Phi) is 8.39. The third kappa shape index (κ3) is 6.44. The summed E-state index contributed by atoms with van der Waals surface area (Å²) in [7, 11) is 0. The number of allylic oxidation sites excluding steroid dienone is 2. The van der Waals surface area contributed by atoms with E-state index in [4.69, 9.17) is 18.8 Å². The molecule has 2 N–H and O–H groups in total. The van der Waals surface area contributed by atoms with Crippen molar-refractivity contribution in [3.05, 3.63) is 106 Å². The summed E-state index contributed by atoms with van der Waals surface area (Å²) in [6.45, 7) is 8.47. The number of likely N-dealkylation sites (tertiary alicyclic amines) is 1. The summed E-state index contributed by atoms with van der Waals surface area (Å²) in [5.41, 5.74) is 10.1. The van der Waals surface area contributed by atoms with Gasteiger partial charge in [0.1, 0.15) is 23.9 Å². The molecule has 51 heavy (non-hydrogen) atoms. The molecule has 2 saturated heterocycles. The predicted octanol–water partition coefficient (Wildman–Crippen LogP) is 8.49. The second kappa shape index (κ2) is 13.5. The Morgan fingerprint density at radius 1 is 0.784 bits per heavy atom. The van der Waals surface area contributed by atoms with Crippen molar-refractivity contribution in [3.63, 3.8) is 0 Å². The molecule has 0 spiro atoms. The molecule has 6 aliphatic rings. The number of furan rings is 2. The number of hydrogen-bond donors (Lipinski definition) is 2. The van der Waals surface area contributed by atoms with E-state index in [9.17, 15) is 0 Å². The average molecular weight is 681 g/mol. The van der Waals surface area contributed by atoms with Crippen LogP contribution in [0.3, 0.4) is 0 Å². The molecule has 2 unspecified atom stereocenters. The highest BCUT2D eigenvalue weighted by Crippen LogP contribution is 2.39. The lowest BCUT2D eigenvalue weighted by Crippen LogP contribution is -2.39. The third-order valence-corrected chi connectivity index (χ3v) is 10.6. The van der Waals surface area contributed by atoms with Crippen LogP contribution in [0.5, 0.6) is 0 Å². The van der Waals surface area contributed by atoms with Gasteiger partial charge in [0.25, 0.3) is 0 Å². The summed E-state index contributed by atoms with van der Waals surface area (Å²) in [6.07, 6.45) is 22.7. The largest absolute Gasteiger partial charge is 0.448 e. The Morgan fingerprint density at radius 3 is 2.27 bits per heavy atom. The van der Waals surface area contributed by atoms with Crippen molar-refractivity contribution in [2.45, 2.75) is 64.8 Å². The van der Waals surface area contributed by atoms with E-state index in [1.54, 1.807) is 18.9 Å². The summed E-state index contributed by atoms with van der Waals surface area (Å²) >= 11 is 0. The van der Waals surface area contributed by atoms with Gasteiger partial charge in [0, 0.05) is 53.8 Å². The fourth-order valence-electron chi connectivity index (χ4n) is 8.03. The predicted molar refractivity (Wildman–Crippen MR) is 206 cm³/mol. The van der Waals surface area contributed by atoms with Crippen LogP contribution in [0.15, 0.2) is 119 Å². The van der Waals surface area contributed by atoms with Gasteiger partial charge in [-0.1, -0.05) is 12.5 Å². The number of nitrogens with one attached hydrogen (secondary N) is 2. The van der Waals surface area contributed by atoms with Gasteiger partial charge < -0.3 is 24.4 Å². The van der Waals surface area contributed by atoms with Crippen LogP contribution < -0.4 is 15.5 Å². The monoisotopic (exact) mass is 680 g/mol. The van der Waals surface area contributed by atoms with Gasteiger partial charge in [-0.25, -0.2) is 20.0 Å². The maximum atomic E-state index is 5.87. The van der Waals surface area contributed by atoms with E-state index in [0.717, 1.165) is 89.1 Å². The SMILES string of the molecule is Cc1coc(NC2=CC(N3CCCCC3)CC=C2C2=CC3=CC(c4ccc(N5CCCCC5)cc4Nc4cc(C)co4)=NC4=NC=NC(=N2)C34)c1. The van der Waals surface area contributed by atoms with Gasteiger partial charge in [-0.2, -0.15) is 0 Å². The molecule has 0 amide bonds. The molecular weight excluding hydrogens is 637 g/mol. The molecule has 260 valence electrons. The number of nitrogens with zero attached hydrogens (tertiary/aromatic N) is 6. The maximum absolute atomic E-state index is 5.87. The molecular formula is C41H44N8O2. The van der Waals surface area contributed by atoms with E-state index in [1.165, 1.54) is 44.2 Å². The van der Waals surface area contributed by atoms with Gasteiger partial charge in [0.05, 0.1) is 29.6 Å². The summed E-state index contributed by atoms with van der Waals surface area (Å²) in [5.74, 6) is 2.63. The summed E-state index contributed by atoms with van der Waals surface area (Å²) in [6, 6.07) is 11.0. The van der Waals surface area contributed by atoms with Gasteiger partial charge in [-0.05, 0) is 119 Å². The van der Waals surface area contributed by atoms with Crippen molar-refractivity contribution < 1.29 is 8.83 Å². The highest BCUT2D eigenvalue weighted by atomic mass is 16.3. The second-order valence-corrected chi connectivity index (χ2v) is 14.4. The molecule has 2 fully saturated rings. The van der Waals surface area contributed by atoms with Gasteiger partial charge in [-0.15, -0.1) is 0 Å². The standard InChI is InChI=1S/C41H44N8O2/c1-26-17-37(50-23-26)44-35-21-29(48-13-5-3-6-14-48)9-11-31(35)33-19-28-20-34(47-41-39(28)40(46-33)42-25-43-41)32-12-10-30(49-15-7-4-8-16-49)22-36(32)45-38-18-27(2)24-51-38/h9,11-12,17-25,30,39,44-45H,3-8,10,13-16H2,1-2H3. The van der Waals surface area contributed by atoms with Crippen LogP contribution in [0.2, 0.25) is 0 Å². The molecule has 0 bridgehead atoms. The van der Waals surface area contributed by atoms with Gasteiger partial charge >= 0.3 is 0 Å². The highest BCUT2D eigenvalue weighted by Gasteiger charge is 2.36. The van der Waals surface area contributed by atoms with Gasteiger partial charge in [0.15, 0.2) is 11.8 Å². The molecule has 2 atom stereocenters. The van der Waals surface area contributed by atoms with Crippen molar-refractivity contribution in [1.29, 1.82) is 0 Å². The number of aliphatic imine (C=N–C) groups is 4. The number of benzene rings is 1. The Bertz CT molecular complexity index is 2090. The lowest BCUT2D eigenvalue weighted by atomic mass is 9.85. The maximum Gasteiger partial charge on any atom is 0.197 e.